The zero-order valence-corrected chi connectivity index (χ0v) is 8.33. The average Bonchev–Trinajstić information content (AvgIpc) is 2.48. The van der Waals surface area contributed by atoms with Gasteiger partial charge in [-0.25, -0.2) is 4.98 Å². The van der Waals surface area contributed by atoms with Crippen LogP contribution in [0.25, 0.3) is 5.82 Å². The van der Waals surface area contributed by atoms with Crippen LogP contribution < -0.4 is 0 Å². The van der Waals surface area contributed by atoms with Gasteiger partial charge in [-0.15, -0.1) is 0 Å². The lowest BCUT2D eigenvalue weighted by Crippen LogP contribution is -2.07. The lowest BCUT2D eigenvalue weighted by Gasteiger charge is -2.07. The molecule has 0 saturated carbocycles. The van der Waals surface area contributed by atoms with Gasteiger partial charge in [0.2, 0.25) is 5.95 Å². The van der Waals surface area contributed by atoms with Crippen LogP contribution in [0.2, 0.25) is 0 Å². The van der Waals surface area contributed by atoms with Crippen LogP contribution in [0.15, 0.2) is 18.3 Å². The molecule has 5 heteroatoms. The van der Waals surface area contributed by atoms with Gasteiger partial charge in [-0.3, -0.25) is 4.57 Å². The second-order valence-electron chi connectivity index (χ2n) is 3.26. The Kier molecular flexibility index (Phi) is 2.22. The van der Waals surface area contributed by atoms with Crippen LogP contribution in [0.1, 0.15) is 11.4 Å². The van der Waals surface area contributed by atoms with E-state index in [0.717, 1.165) is 17.6 Å². The summed E-state index contributed by atoms with van der Waals surface area (Å²) >= 11 is 0. The van der Waals surface area contributed by atoms with E-state index in [9.17, 15) is 8.78 Å². The van der Waals surface area contributed by atoms with E-state index in [0.29, 0.717) is 0 Å². The summed E-state index contributed by atoms with van der Waals surface area (Å²) in [6, 6.07) is 3.67. The van der Waals surface area contributed by atoms with Crippen molar-refractivity contribution in [1.29, 1.82) is 0 Å². The SMILES string of the molecule is Cc1ccc(C)n1-c1ncc(F)nc1F. The molecule has 15 heavy (non-hydrogen) atoms. The Bertz CT molecular complexity index is 486. The summed E-state index contributed by atoms with van der Waals surface area (Å²) in [5, 5.41) is 0. The second kappa shape index (κ2) is 3.42. The summed E-state index contributed by atoms with van der Waals surface area (Å²) in [7, 11) is 0. The molecule has 3 nitrogen and oxygen atoms in total. The maximum atomic E-state index is 13.3. The van der Waals surface area contributed by atoms with Gasteiger partial charge in [0.1, 0.15) is 0 Å². The van der Waals surface area contributed by atoms with Crippen molar-refractivity contribution in [2.24, 2.45) is 0 Å². The predicted molar refractivity (Wildman–Crippen MR) is 50.7 cm³/mol. The third kappa shape index (κ3) is 1.60. The van der Waals surface area contributed by atoms with Crippen molar-refractivity contribution in [2.75, 3.05) is 0 Å². The molecule has 0 aliphatic carbocycles. The molecule has 0 bridgehead atoms. The van der Waals surface area contributed by atoms with Crippen molar-refractivity contribution in [3.8, 4) is 5.82 Å². The average molecular weight is 209 g/mol. The Labute approximate surface area is 85.4 Å². The summed E-state index contributed by atoms with van der Waals surface area (Å²) < 4.78 is 27.5. The number of aromatic nitrogens is 3. The lowest BCUT2D eigenvalue weighted by molar-refractivity contribution is 0.496. The number of hydrogen-bond acceptors (Lipinski definition) is 2. The van der Waals surface area contributed by atoms with Crippen LogP contribution in [-0.4, -0.2) is 14.5 Å². The number of hydrogen-bond donors (Lipinski definition) is 0. The van der Waals surface area contributed by atoms with E-state index < -0.39 is 11.9 Å². The predicted octanol–water partition coefficient (Wildman–Crippen LogP) is 2.16. The fourth-order valence-electron chi connectivity index (χ4n) is 1.49. The molecule has 2 aromatic heterocycles. The van der Waals surface area contributed by atoms with E-state index in [1.54, 1.807) is 4.57 Å². The van der Waals surface area contributed by atoms with Gasteiger partial charge < -0.3 is 0 Å². The molecule has 78 valence electrons. The van der Waals surface area contributed by atoms with Crippen LogP contribution in [0.4, 0.5) is 8.78 Å². The summed E-state index contributed by atoms with van der Waals surface area (Å²) in [6.45, 7) is 3.63. The first-order valence-corrected chi connectivity index (χ1v) is 4.43. The van der Waals surface area contributed by atoms with E-state index in [4.69, 9.17) is 0 Å². The molecule has 0 spiro atoms. The molecule has 0 saturated heterocycles. The number of halogens is 2. The number of aryl methyl sites for hydroxylation is 2. The Morgan fingerprint density at radius 3 is 2.27 bits per heavy atom. The quantitative estimate of drug-likeness (QED) is 0.720. The second-order valence-corrected chi connectivity index (χ2v) is 3.26. The molecule has 0 amide bonds. The van der Waals surface area contributed by atoms with E-state index in [2.05, 4.69) is 9.97 Å². The highest BCUT2D eigenvalue weighted by molar-refractivity contribution is 5.29. The van der Waals surface area contributed by atoms with E-state index >= 15 is 0 Å². The fraction of sp³-hybridized carbons (Fsp3) is 0.200. The van der Waals surface area contributed by atoms with Gasteiger partial charge >= 0.3 is 0 Å². The molecule has 0 atom stereocenters. The third-order valence-electron chi connectivity index (χ3n) is 2.17. The summed E-state index contributed by atoms with van der Waals surface area (Å²) in [5.74, 6) is -1.80. The third-order valence-corrected chi connectivity index (χ3v) is 2.17. The molecule has 0 N–H and O–H groups in total. The highest BCUT2D eigenvalue weighted by Gasteiger charge is 2.12. The van der Waals surface area contributed by atoms with Crippen LogP contribution >= 0.6 is 0 Å². The smallest absolute Gasteiger partial charge is 0.259 e. The van der Waals surface area contributed by atoms with Gasteiger partial charge in [-0.1, -0.05) is 0 Å². The summed E-state index contributed by atoms with van der Waals surface area (Å²) in [4.78, 5) is 6.79. The molecular weight excluding hydrogens is 200 g/mol. The van der Waals surface area contributed by atoms with Gasteiger partial charge in [0.25, 0.3) is 5.95 Å². The molecule has 2 aromatic rings. The standard InChI is InChI=1S/C10H9F2N3/c1-6-3-4-7(2)15(6)10-9(12)14-8(11)5-13-10/h3-5H,1-2H3. The molecule has 0 aliphatic rings. The van der Waals surface area contributed by atoms with Gasteiger partial charge in [-0.05, 0) is 26.0 Å². The highest BCUT2D eigenvalue weighted by Crippen LogP contribution is 2.15. The highest BCUT2D eigenvalue weighted by atomic mass is 19.1. The van der Waals surface area contributed by atoms with Crippen molar-refractivity contribution >= 4 is 0 Å². The topological polar surface area (TPSA) is 30.7 Å². The first-order valence-electron chi connectivity index (χ1n) is 4.43. The first kappa shape index (κ1) is 9.76. The summed E-state index contributed by atoms with van der Waals surface area (Å²) in [5.41, 5.74) is 1.65. The first-order chi connectivity index (χ1) is 7.09. The van der Waals surface area contributed by atoms with Crippen LogP contribution in [-0.2, 0) is 0 Å². The van der Waals surface area contributed by atoms with Gasteiger partial charge in [0.15, 0.2) is 5.82 Å². The number of rotatable bonds is 1. The Morgan fingerprint density at radius 1 is 1.13 bits per heavy atom. The van der Waals surface area contributed by atoms with Crippen molar-refractivity contribution in [1.82, 2.24) is 14.5 Å². The molecule has 0 fully saturated rings. The molecular formula is C10H9F2N3. The van der Waals surface area contributed by atoms with Gasteiger partial charge in [0.05, 0.1) is 6.20 Å². The molecule has 2 rings (SSSR count). The van der Waals surface area contributed by atoms with Crippen LogP contribution in [0.3, 0.4) is 0 Å². The zero-order valence-electron chi connectivity index (χ0n) is 8.33. The lowest BCUT2D eigenvalue weighted by atomic mass is 10.5. The summed E-state index contributed by atoms with van der Waals surface area (Å²) in [6.07, 6.45) is 0.900. The van der Waals surface area contributed by atoms with Crippen molar-refractivity contribution in [3.63, 3.8) is 0 Å². The minimum absolute atomic E-state index is 0.0244. The van der Waals surface area contributed by atoms with Gasteiger partial charge in [-0.2, -0.15) is 13.8 Å². The van der Waals surface area contributed by atoms with E-state index in [1.807, 2.05) is 26.0 Å². The Morgan fingerprint density at radius 2 is 1.73 bits per heavy atom. The fourth-order valence-corrected chi connectivity index (χ4v) is 1.49. The monoisotopic (exact) mass is 209 g/mol. The molecule has 0 aliphatic heterocycles. The molecule has 0 unspecified atom stereocenters. The van der Waals surface area contributed by atoms with E-state index in [-0.39, 0.29) is 5.82 Å². The Balaban J connectivity index is 2.64. The maximum Gasteiger partial charge on any atom is 0.259 e. The molecule has 0 aromatic carbocycles. The molecule has 0 radical (unpaired) electrons. The minimum Gasteiger partial charge on any atom is -0.299 e. The largest absolute Gasteiger partial charge is 0.299 e. The number of nitrogens with zero attached hydrogens (tertiary/aromatic N) is 3. The van der Waals surface area contributed by atoms with Gasteiger partial charge in [0, 0.05) is 11.4 Å². The van der Waals surface area contributed by atoms with Crippen molar-refractivity contribution in [2.45, 2.75) is 13.8 Å². The van der Waals surface area contributed by atoms with E-state index in [1.165, 1.54) is 0 Å². The minimum atomic E-state index is -0.918. The van der Waals surface area contributed by atoms with Crippen molar-refractivity contribution in [3.05, 3.63) is 41.6 Å². The molecule has 2 heterocycles. The normalized spacial score (nSPS) is 10.7. The van der Waals surface area contributed by atoms with Crippen molar-refractivity contribution < 1.29 is 8.78 Å². The zero-order chi connectivity index (χ0) is 11.0. The van der Waals surface area contributed by atoms with Crippen LogP contribution in [0.5, 0.6) is 0 Å². The van der Waals surface area contributed by atoms with Crippen LogP contribution in [0, 0.1) is 25.7 Å². The maximum absolute atomic E-state index is 13.3. The Hall–Kier alpha value is -1.78.